The third-order valence-electron chi connectivity index (χ3n) is 3.47. The predicted molar refractivity (Wildman–Crippen MR) is 74.2 cm³/mol. The van der Waals surface area contributed by atoms with Crippen molar-refractivity contribution in [2.45, 2.75) is 32.4 Å². The second-order valence-corrected chi connectivity index (χ2v) is 5.27. The van der Waals surface area contributed by atoms with Crippen LogP contribution in [-0.2, 0) is 18.4 Å². The van der Waals surface area contributed by atoms with Gasteiger partial charge in [-0.1, -0.05) is 0 Å². The van der Waals surface area contributed by atoms with Crippen molar-refractivity contribution in [2.24, 2.45) is 7.05 Å². The highest BCUT2D eigenvalue weighted by atomic mass is 16.5. The molecule has 1 aliphatic rings. The monoisotopic (exact) mass is 274 g/mol. The number of nitrogen functional groups attached to an aromatic ring is 1. The van der Waals surface area contributed by atoms with Gasteiger partial charge in [0.2, 0.25) is 0 Å². The number of rotatable bonds is 4. The van der Waals surface area contributed by atoms with E-state index in [2.05, 4.69) is 5.10 Å². The zero-order valence-corrected chi connectivity index (χ0v) is 11.7. The lowest BCUT2D eigenvalue weighted by molar-refractivity contribution is 0.0450. The average Bonchev–Trinajstić information content (AvgIpc) is 3.09. The smallest absolute Gasteiger partial charge is 0.355 e. The summed E-state index contributed by atoms with van der Waals surface area (Å²) in [7, 11) is 1.83. The lowest BCUT2D eigenvalue weighted by atomic mass is 10.4. The van der Waals surface area contributed by atoms with Gasteiger partial charge < -0.3 is 15.0 Å². The Morgan fingerprint density at radius 3 is 2.85 bits per heavy atom. The standard InChI is InChI=1S/C14H18N4O2/c1-9-5-12(17(2)16-9)8-20-14(19)13-6-10(15)7-18(13)11-3-4-11/h5-7,11H,3-4,8,15H2,1-2H3. The molecule has 0 unspecified atom stereocenters. The highest BCUT2D eigenvalue weighted by molar-refractivity contribution is 5.89. The van der Waals surface area contributed by atoms with Crippen LogP contribution >= 0.6 is 0 Å². The third-order valence-corrected chi connectivity index (χ3v) is 3.47. The molecule has 0 atom stereocenters. The van der Waals surface area contributed by atoms with Crippen molar-refractivity contribution in [1.82, 2.24) is 14.3 Å². The molecule has 1 saturated carbocycles. The molecule has 2 heterocycles. The zero-order chi connectivity index (χ0) is 14.3. The Morgan fingerprint density at radius 1 is 1.50 bits per heavy atom. The molecule has 0 aromatic carbocycles. The first-order valence-corrected chi connectivity index (χ1v) is 6.68. The highest BCUT2D eigenvalue weighted by Gasteiger charge is 2.28. The van der Waals surface area contributed by atoms with Crippen LogP contribution in [0, 0.1) is 6.92 Å². The molecule has 2 N–H and O–H groups in total. The molecular formula is C14H18N4O2. The fraction of sp³-hybridized carbons (Fsp3) is 0.429. The molecule has 1 aliphatic carbocycles. The number of nitrogens with zero attached hydrogens (tertiary/aromatic N) is 3. The maximum absolute atomic E-state index is 12.2. The van der Waals surface area contributed by atoms with Crippen molar-refractivity contribution >= 4 is 11.7 Å². The number of anilines is 1. The number of aromatic nitrogens is 3. The lowest BCUT2D eigenvalue weighted by Crippen LogP contribution is -2.12. The lowest BCUT2D eigenvalue weighted by Gasteiger charge is -2.08. The number of hydrogen-bond acceptors (Lipinski definition) is 4. The summed E-state index contributed by atoms with van der Waals surface area (Å²) in [6.07, 6.45) is 3.99. The maximum Gasteiger partial charge on any atom is 0.355 e. The van der Waals surface area contributed by atoms with Crippen LogP contribution in [0.15, 0.2) is 18.3 Å². The van der Waals surface area contributed by atoms with Crippen LogP contribution in [0.3, 0.4) is 0 Å². The van der Waals surface area contributed by atoms with E-state index in [-0.39, 0.29) is 12.6 Å². The van der Waals surface area contributed by atoms with Gasteiger partial charge in [-0.2, -0.15) is 5.10 Å². The molecule has 1 fully saturated rings. The van der Waals surface area contributed by atoms with Gasteiger partial charge in [0.1, 0.15) is 12.3 Å². The zero-order valence-electron chi connectivity index (χ0n) is 11.7. The van der Waals surface area contributed by atoms with Crippen LogP contribution in [0.2, 0.25) is 0 Å². The second kappa shape index (κ2) is 4.70. The summed E-state index contributed by atoms with van der Waals surface area (Å²) in [5, 5.41) is 4.22. The minimum Gasteiger partial charge on any atom is -0.455 e. The summed E-state index contributed by atoms with van der Waals surface area (Å²) >= 11 is 0. The largest absolute Gasteiger partial charge is 0.455 e. The Bertz CT molecular complexity index is 652. The molecule has 0 radical (unpaired) electrons. The maximum atomic E-state index is 12.2. The van der Waals surface area contributed by atoms with E-state index >= 15 is 0 Å². The SMILES string of the molecule is Cc1cc(COC(=O)c2cc(N)cn2C2CC2)n(C)n1. The van der Waals surface area contributed by atoms with Crippen molar-refractivity contribution in [1.29, 1.82) is 0 Å². The number of carbonyl (C=O) groups is 1. The van der Waals surface area contributed by atoms with E-state index < -0.39 is 0 Å². The minimum atomic E-state index is -0.340. The van der Waals surface area contributed by atoms with Crippen LogP contribution in [0.25, 0.3) is 0 Å². The molecule has 0 saturated heterocycles. The number of nitrogens with two attached hydrogens (primary N) is 1. The molecule has 2 aromatic heterocycles. The Hall–Kier alpha value is -2.24. The molecular weight excluding hydrogens is 256 g/mol. The van der Waals surface area contributed by atoms with Crippen molar-refractivity contribution in [2.75, 3.05) is 5.73 Å². The van der Waals surface area contributed by atoms with Crippen molar-refractivity contribution in [3.05, 3.63) is 35.4 Å². The second-order valence-electron chi connectivity index (χ2n) is 5.27. The summed E-state index contributed by atoms with van der Waals surface area (Å²) in [6.45, 7) is 2.12. The number of ether oxygens (including phenoxy) is 1. The van der Waals surface area contributed by atoms with E-state index in [4.69, 9.17) is 10.5 Å². The first-order chi connectivity index (χ1) is 9.54. The molecule has 6 nitrogen and oxygen atoms in total. The van der Waals surface area contributed by atoms with Gasteiger partial charge in [0.25, 0.3) is 0 Å². The third kappa shape index (κ3) is 2.41. The normalized spacial score (nSPS) is 14.5. The molecule has 3 rings (SSSR count). The van der Waals surface area contributed by atoms with Gasteiger partial charge in [0.05, 0.1) is 17.1 Å². The van der Waals surface area contributed by atoms with Gasteiger partial charge in [-0.15, -0.1) is 0 Å². The summed E-state index contributed by atoms with van der Waals surface area (Å²) in [5.41, 5.74) is 8.68. The van der Waals surface area contributed by atoms with Crippen LogP contribution in [0.1, 0.15) is 40.8 Å². The summed E-state index contributed by atoms with van der Waals surface area (Å²) in [5.74, 6) is -0.340. The van der Waals surface area contributed by atoms with E-state index in [9.17, 15) is 4.79 Å². The molecule has 2 aromatic rings. The summed E-state index contributed by atoms with van der Waals surface area (Å²) in [6, 6.07) is 3.98. The average molecular weight is 274 g/mol. The highest BCUT2D eigenvalue weighted by Crippen LogP contribution is 2.37. The molecule has 0 aliphatic heterocycles. The van der Waals surface area contributed by atoms with Crippen molar-refractivity contribution < 1.29 is 9.53 Å². The Balaban J connectivity index is 1.72. The van der Waals surface area contributed by atoms with E-state index in [0.717, 1.165) is 24.2 Å². The fourth-order valence-electron chi connectivity index (χ4n) is 2.33. The van der Waals surface area contributed by atoms with Crippen LogP contribution < -0.4 is 5.73 Å². The number of carbonyl (C=O) groups excluding carboxylic acids is 1. The van der Waals surface area contributed by atoms with Crippen molar-refractivity contribution in [3.63, 3.8) is 0 Å². The molecule has 6 heteroatoms. The van der Waals surface area contributed by atoms with E-state index in [0.29, 0.717) is 17.4 Å². The first-order valence-electron chi connectivity index (χ1n) is 6.68. The Kier molecular flexibility index (Phi) is 3.00. The number of hydrogen-bond donors (Lipinski definition) is 1. The van der Waals surface area contributed by atoms with Gasteiger partial charge in [-0.05, 0) is 31.9 Å². The molecule has 0 bridgehead atoms. The molecule has 20 heavy (non-hydrogen) atoms. The fourth-order valence-corrected chi connectivity index (χ4v) is 2.33. The van der Waals surface area contributed by atoms with E-state index in [1.165, 1.54) is 0 Å². The van der Waals surface area contributed by atoms with E-state index in [1.54, 1.807) is 10.7 Å². The minimum absolute atomic E-state index is 0.214. The predicted octanol–water partition coefficient (Wildman–Crippen LogP) is 1.80. The summed E-state index contributed by atoms with van der Waals surface area (Å²) in [4.78, 5) is 12.2. The van der Waals surface area contributed by atoms with Crippen LogP contribution in [0.5, 0.6) is 0 Å². The first kappa shape index (κ1) is 12.8. The number of esters is 1. The van der Waals surface area contributed by atoms with Gasteiger partial charge in [0.15, 0.2) is 0 Å². The Morgan fingerprint density at radius 2 is 2.25 bits per heavy atom. The van der Waals surface area contributed by atoms with Crippen LogP contribution in [0.4, 0.5) is 5.69 Å². The quantitative estimate of drug-likeness (QED) is 0.863. The molecule has 0 amide bonds. The molecule has 0 spiro atoms. The van der Waals surface area contributed by atoms with E-state index in [1.807, 2.05) is 30.8 Å². The van der Waals surface area contributed by atoms with Gasteiger partial charge >= 0.3 is 5.97 Å². The summed E-state index contributed by atoms with van der Waals surface area (Å²) < 4.78 is 9.01. The Labute approximate surface area is 117 Å². The molecule has 106 valence electrons. The van der Waals surface area contributed by atoms with Gasteiger partial charge in [0, 0.05) is 19.3 Å². The van der Waals surface area contributed by atoms with Gasteiger partial charge in [-0.3, -0.25) is 4.68 Å². The topological polar surface area (TPSA) is 75.1 Å². The van der Waals surface area contributed by atoms with Crippen molar-refractivity contribution in [3.8, 4) is 0 Å². The number of aryl methyl sites for hydroxylation is 2. The van der Waals surface area contributed by atoms with Crippen LogP contribution in [-0.4, -0.2) is 20.3 Å². The van der Waals surface area contributed by atoms with Gasteiger partial charge in [-0.25, -0.2) is 4.79 Å².